The molecule has 0 unspecified atom stereocenters. The molecule has 0 aliphatic carbocycles. The van der Waals surface area contributed by atoms with Gasteiger partial charge in [0.25, 0.3) is 0 Å². The number of halogens is 1. The largest absolute Gasteiger partial charge is 0.497 e. The van der Waals surface area contributed by atoms with Crippen molar-refractivity contribution in [1.82, 2.24) is 20.6 Å². The number of nitrogens with zero attached hydrogens (tertiary/aromatic N) is 3. The summed E-state index contributed by atoms with van der Waals surface area (Å²) in [5.41, 5.74) is 0.828. The number of nitrogens with one attached hydrogen (secondary N) is 2. The lowest BCUT2D eigenvalue weighted by molar-refractivity contribution is -0.117. The standard InChI is InChI=1S/C18H18FN5O3/c1-26-12-8-7-11(16(10-12)27-2)9-13(17-21-23-24-22-17)18(25)20-15-6-4-3-5-14(15)19/h3-8,10,13H,9H2,1-2H3,(H,20,25)(H,21,22,23,24)/t13-/m1/s1. The molecule has 0 saturated heterocycles. The molecule has 0 bridgehead atoms. The van der Waals surface area contributed by atoms with Crippen molar-refractivity contribution in [2.24, 2.45) is 0 Å². The zero-order valence-corrected chi connectivity index (χ0v) is 14.8. The van der Waals surface area contributed by atoms with E-state index >= 15 is 0 Å². The van der Waals surface area contributed by atoms with Crippen molar-refractivity contribution >= 4 is 11.6 Å². The first kappa shape index (κ1) is 18.3. The van der Waals surface area contributed by atoms with Crippen molar-refractivity contribution in [3.8, 4) is 11.5 Å². The number of aromatic amines is 1. The Morgan fingerprint density at radius 1 is 1.22 bits per heavy atom. The summed E-state index contributed by atoms with van der Waals surface area (Å²) in [6, 6.07) is 11.2. The Balaban J connectivity index is 1.89. The van der Waals surface area contributed by atoms with Crippen molar-refractivity contribution in [3.63, 3.8) is 0 Å². The highest BCUT2D eigenvalue weighted by atomic mass is 19.1. The molecule has 0 aliphatic heterocycles. The number of rotatable bonds is 7. The lowest BCUT2D eigenvalue weighted by Gasteiger charge is -2.16. The minimum atomic E-state index is -0.800. The van der Waals surface area contributed by atoms with Crippen LogP contribution in [0.25, 0.3) is 0 Å². The van der Waals surface area contributed by atoms with Gasteiger partial charge >= 0.3 is 0 Å². The van der Waals surface area contributed by atoms with E-state index < -0.39 is 17.6 Å². The second-order valence-corrected chi connectivity index (χ2v) is 5.67. The Kier molecular flexibility index (Phi) is 5.60. The van der Waals surface area contributed by atoms with Crippen molar-refractivity contribution < 1.29 is 18.7 Å². The van der Waals surface area contributed by atoms with Gasteiger partial charge in [-0.25, -0.2) is 4.39 Å². The van der Waals surface area contributed by atoms with Crippen LogP contribution in [-0.2, 0) is 11.2 Å². The fraction of sp³-hybridized carbons (Fsp3) is 0.222. The van der Waals surface area contributed by atoms with Gasteiger partial charge in [-0.1, -0.05) is 23.4 Å². The average Bonchev–Trinajstić information content (AvgIpc) is 3.22. The van der Waals surface area contributed by atoms with Gasteiger partial charge in [-0.3, -0.25) is 4.79 Å². The number of carbonyl (C=O) groups is 1. The van der Waals surface area contributed by atoms with Crippen LogP contribution in [0.5, 0.6) is 11.5 Å². The van der Waals surface area contributed by atoms with Crippen LogP contribution in [0, 0.1) is 5.82 Å². The van der Waals surface area contributed by atoms with Crippen molar-refractivity contribution in [2.45, 2.75) is 12.3 Å². The fourth-order valence-corrected chi connectivity index (χ4v) is 2.64. The molecule has 27 heavy (non-hydrogen) atoms. The summed E-state index contributed by atoms with van der Waals surface area (Å²) in [5, 5.41) is 16.3. The van der Waals surface area contributed by atoms with Gasteiger partial charge < -0.3 is 14.8 Å². The van der Waals surface area contributed by atoms with Crippen LogP contribution in [0.3, 0.4) is 0 Å². The van der Waals surface area contributed by atoms with E-state index in [4.69, 9.17) is 9.47 Å². The molecule has 9 heteroatoms. The summed E-state index contributed by atoms with van der Waals surface area (Å²) in [5.74, 6) is -0.407. The number of tetrazole rings is 1. The summed E-state index contributed by atoms with van der Waals surface area (Å²) in [6.45, 7) is 0. The van der Waals surface area contributed by atoms with E-state index in [0.717, 1.165) is 5.56 Å². The van der Waals surface area contributed by atoms with Crippen LogP contribution in [0.2, 0.25) is 0 Å². The van der Waals surface area contributed by atoms with E-state index in [9.17, 15) is 9.18 Å². The average molecular weight is 371 g/mol. The first-order valence-electron chi connectivity index (χ1n) is 8.12. The third kappa shape index (κ3) is 4.20. The summed E-state index contributed by atoms with van der Waals surface area (Å²) in [6.07, 6.45) is 0.229. The van der Waals surface area contributed by atoms with Crippen LogP contribution in [-0.4, -0.2) is 40.8 Å². The van der Waals surface area contributed by atoms with E-state index in [2.05, 4.69) is 25.9 Å². The van der Waals surface area contributed by atoms with Gasteiger partial charge in [0.1, 0.15) is 23.2 Å². The number of amides is 1. The molecule has 0 spiro atoms. The Morgan fingerprint density at radius 2 is 2.04 bits per heavy atom. The van der Waals surface area contributed by atoms with Crippen LogP contribution < -0.4 is 14.8 Å². The van der Waals surface area contributed by atoms with Gasteiger partial charge in [-0.05, 0) is 30.2 Å². The van der Waals surface area contributed by atoms with Crippen molar-refractivity contribution in [2.75, 3.05) is 19.5 Å². The molecule has 3 aromatic rings. The Hall–Kier alpha value is -3.49. The molecule has 0 fully saturated rings. The highest BCUT2D eigenvalue weighted by Gasteiger charge is 2.27. The molecule has 8 nitrogen and oxygen atoms in total. The van der Waals surface area contributed by atoms with Gasteiger partial charge in [0, 0.05) is 6.07 Å². The third-order valence-corrected chi connectivity index (χ3v) is 4.04. The second-order valence-electron chi connectivity index (χ2n) is 5.67. The number of hydrogen-bond donors (Lipinski definition) is 2. The summed E-state index contributed by atoms with van der Waals surface area (Å²) in [7, 11) is 3.08. The zero-order valence-electron chi connectivity index (χ0n) is 14.8. The Morgan fingerprint density at radius 3 is 2.70 bits per heavy atom. The number of carbonyl (C=O) groups excluding carboxylic acids is 1. The minimum Gasteiger partial charge on any atom is -0.497 e. The highest BCUT2D eigenvalue weighted by Crippen LogP contribution is 2.29. The van der Waals surface area contributed by atoms with E-state index in [-0.39, 0.29) is 17.9 Å². The van der Waals surface area contributed by atoms with E-state index in [1.807, 2.05) is 0 Å². The maximum atomic E-state index is 13.9. The second kappa shape index (κ2) is 8.26. The van der Waals surface area contributed by atoms with Crippen LogP contribution >= 0.6 is 0 Å². The first-order chi connectivity index (χ1) is 13.1. The summed E-state index contributed by atoms with van der Waals surface area (Å²) < 4.78 is 24.5. The molecule has 0 aliphatic rings. The number of H-pyrrole nitrogens is 1. The molecule has 140 valence electrons. The van der Waals surface area contributed by atoms with E-state index in [1.165, 1.54) is 19.2 Å². The topological polar surface area (TPSA) is 102 Å². The molecular weight excluding hydrogens is 353 g/mol. The van der Waals surface area contributed by atoms with Crippen LogP contribution in [0.15, 0.2) is 42.5 Å². The van der Waals surface area contributed by atoms with Gasteiger partial charge in [-0.15, -0.1) is 10.2 Å². The minimum absolute atomic E-state index is 0.0812. The number of anilines is 1. The van der Waals surface area contributed by atoms with Crippen LogP contribution in [0.1, 0.15) is 17.3 Å². The van der Waals surface area contributed by atoms with Gasteiger partial charge in [0.05, 0.1) is 19.9 Å². The SMILES string of the molecule is COc1ccc(C[C@@H](C(=O)Nc2ccccc2F)c2nn[nH]n2)c(OC)c1. The fourth-order valence-electron chi connectivity index (χ4n) is 2.64. The molecule has 1 atom stereocenters. The highest BCUT2D eigenvalue weighted by molar-refractivity contribution is 5.95. The van der Waals surface area contributed by atoms with Gasteiger partial charge in [0.2, 0.25) is 5.91 Å². The quantitative estimate of drug-likeness (QED) is 0.661. The number of hydrogen-bond acceptors (Lipinski definition) is 6. The van der Waals surface area contributed by atoms with E-state index in [0.29, 0.717) is 11.5 Å². The van der Waals surface area contributed by atoms with Gasteiger partial charge in [0.15, 0.2) is 5.82 Å². The monoisotopic (exact) mass is 371 g/mol. The number of para-hydroxylation sites is 1. The molecule has 3 rings (SSSR count). The molecular formula is C18H18FN5O3. The lowest BCUT2D eigenvalue weighted by atomic mass is 9.96. The van der Waals surface area contributed by atoms with E-state index in [1.54, 1.807) is 37.4 Å². The Labute approximate surface area is 154 Å². The molecule has 0 radical (unpaired) electrons. The van der Waals surface area contributed by atoms with Gasteiger partial charge in [-0.2, -0.15) is 5.21 Å². The molecule has 2 N–H and O–H groups in total. The molecule has 0 saturated carbocycles. The maximum absolute atomic E-state index is 13.9. The predicted molar refractivity (Wildman–Crippen MR) is 95.2 cm³/mol. The predicted octanol–water partition coefficient (Wildman–Crippen LogP) is 2.32. The smallest absolute Gasteiger partial charge is 0.235 e. The van der Waals surface area contributed by atoms with Crippen molar-refractivity contribution in [1.29, 1.82) is 0 Å². The number of aromatic nitrogens is 4. The molecule has 2 aromatic carbocycles. The van der Waals surface area contributed by atoms with Crippen LogP contribution in [0.4, 0.5) is 10.1 Å². The summed E-state index contributed by atoms with van der Waals surface area (Å²) >= 11 is 0. The number of methoxy groups -OCH3 is 2. The molecule has 1 amide bonds. The summed E-state index contributed by atoms with van der Waals surface area (Å²) in [4.78, 5) is 12.8. The third-order valence-electron chi connectivity index (χ3n) is 4.04. The Bertz CT molecular complexity index is 917. The number of ether oxygens (including phenoxy) is 2. The van der Waals surface area contributed by atoms with Crippen molar-refractivity contribution in [3.05, 3.63) is 59.7 Å². The molecule has 1 heterocycles. The number of benzene rings is 2. The first-order valence-corrected chi connectivity index (χ1v) is 8.12. The maximum Gasteiger partial charge on any atom is 0.235 e. The lowest BCUT2D eigenvalue weighted by Crippen LogP contribution is -2.24. The molecule has 1 aromatic heterocycles. The zero-order chi connectivity index (χ0) is 19.2. The normalized spacial score (nSPS) is 11.7.